The van der Waals surface area contributed by atoms with E-state index in [1.54, 1.807) is 30.3 Å². The molecule has 0 aliphatic heterocycles. The van der Waals surface area contributed by atoms with Crippen molar-refractivity contribution in [2.45, 2.75) is 5.38 Å². The molecule has 2 aromatic carbocycles. The van der Waals surface area contributed by atoms with Gasteiger partial charge in [-0.3, -0.25) is 9.78 Å². The standard InChI is InChI=1S/C15H11ClN2O3/c16-13(9-4-2-1-3-5-9)14(19)17-10-6-7-12-11(8-10)18-15(20)21-12/h1-8,13H,(H,17,19)(H,18,20). The minimum Gasteiger partial charge on any atom is -0.408 e. The number of benzene rings is 2. The molecule has 6 heteroatoms. The van der Waals surface area contributed by atoms with Crippen molar-refractivity contribution < 1.29 is 9.21 Å². The first-order chi connectivity index (χ1) is 10.1. The van der Waals surface area contributed by atoms with Crippen molar-refractivity contribution in [1.29, 1.82) is 0 Å². The van der Waals surface area contributed by atoms with Crippen LogP contribution in [0.5, 0.6) is 0 Å². The number of carbonyl (C=O) groups is 1. The third-order valence-electron chi connectivity index (χ3n) is 3.01. The summed E-state index contributed by atoms with van der Waals surface area (Å²) >= 11 is 6.14. The van der Waals surface area contributed by atoms with Crippen molar-refractivity contribution >= 4 is 34.3 Å². The van der Waals surface area contributed by atoms with Crippen LogP contribution < -0.4 is 11.1 Å². The van der Waals surface area contributed by atoms with Crippen molar-refractivity contribution in [2.75, 3.05) is 5.32 Å². The predicted molar refractivity (Wildman–Crippen MR) is 80.5 cm³/mol. The molecule has 1 aromatic heterocycles. The molecule has 0 aliphatic carbocycles. The van der Waals surface area contributed by atoms with E-state index in [1.807, 2.05) is 18.2 Å². The summed E-state index contributed by atoms with van der Waals surface area (Å²) in [6, 6.07) is 13.9. The quantitative estimate of drug-likeness (QED) is 0.730. The summed E-state index contributed by atoms with van der Waals surface area (Å²) in [5.74, 6) is -0.874. The zero-order valence-corrected chi connectivity index (χ0v) is 11.6. The number of carbonyl (C=O) groups excluding carboxylic acids is 1. The van der Waals surface area contributed by atoms with E-state index < -0.39 is 11.1 Å². The Morgan fingerprint density at radius 3 is 2.71 bits per heavy atom. The van der Waals surface area contributed by atoms with Crippen LogP contribution in [0.1, 0.15) is 10.9 Å². The number of anilines is 1. The largest absolute Gasteiger partial charge is 0.417 e. The molecule has 2 N–H and O–H groups in total. The first-order valence-electron chi connectivity index (χ1n) is 6.26. The van der Waals surface area contributed by atoms with Gasteiger partial charge in [0.15, 0.2) is 5.58 Å². The molecule has 0 spiro atoms. The summed E-state index contributed by atoms with van der Waals surface area (Å²) in [6.07, 6.45) is 0. The molecule has 0 aliphatic rings. The highest BCUT2D eigenvalue weighted by Gasteiger charge is 2.17. The van der Waals surface area contributed by atoms with Gasteiger partial charge in [-0.15, -0.1) is 11.6 Å². The lowest BCUT2D eigenvalue weighted by Gasteiger charge is -2.10. The van der Waals surface area contributed by atoms with Gasteiger partial charge in [0.1, 0.15) is 5.38 Å². The summed E-state index contributed by atoms with van der Waals surface area (Å²) in [5, 5.41) is 1.92. The number of hydrogen-bond acceptors (Lipinski definition) is 3. The number of aromatic nitrogens is 1. The number of fused-ring (bicyclic) bond motifs is 1. The van der Waals surface area contributed by atoms with Crippen LogP contribution in [0.2, 0.25) is 0 Å². The third-order valence-corrected chi connectivity index (χ3v) is 3.46. The van der Waals surface area contributed by atoms with Crippen molar-refractivity contribution in [3.05, 3.63) is 64.6 Å². The van der Waals surface area contributed by atoms with Gasteiger partial charge in [0.05, 0.1) is 5.52 Å². The Kier molecular flexibility index (Phi) is 3.50. The zero-order chi connectivity index (χ0) is 14.8. The van der Waals surface area contributed by atoms with Crippen LogP contribution in [-0.2, 0) is 4.79 Å². The summed E-state index contributed by atoms with van der Waals surface area (Å²) in [6.45, 7) is 0. The first-order valence-corrected chi connectivity index (χ1v) is 6.70. The Balaban J connectivity index is 1.81. The van der Waals surface area contributed by atoms with E-state index in [-0.39, 0.29) is 5.91 Å². The van der Waals surface area contributed by atoms with E-state index >= 15 is 0 Å². The molecule has 3 aromatic rings. The van der Waals surface area contributed by atoms with Gasteiger partial charge in [0.2, 0.25) is 5.91 Å². The van der Waals surface area contributed by atoms with Crippen LogP contribution in [0.3, 0.4) is 0 Å². The van der Waals surface area contributed by atoms with Gasteiger partial charge in [-0.1, -0.05) is 30.3 Å². The molecule has 0 saturated carbocycles. The van der Waals surface area contributed by atoms with E-state index in [0.29, 0.717) is 16.8 Å². The number of halogens is 1. The topological polar surface area (TPSA) is 75.1 Å². The Bertz CT molecular complexity index is 839. The van der Waals surface area contributed by atoms with Crippen LogP contribution in [0.4, 0.5) is 5.69 Å². The van der Waals surface area contributed by atoms with Crippen molar-refractivity contribution in [3.63, 3.8) is 0 Å². The highest BCUT2D eigenvalue weighted by atomic mass is 35.5. The van der Waals surface area contributed by atoms with E-state index in [2.05, 4.69) is 10.3 Å². The van der Waals surface area contributed by atoms with Gasteiger partial charge >= 0.3 is 5.76 Å². The molecule has 1 atom stereocenters. The maximum Gasteiger partial charge on any atom is 0.417 e. The molecule has 0 fully saturated rings. The fraction of sp³-hybridized carbons (Fsp3) is 0.0667. The molecule has 5 nitrogen and oxygen atoms in total. The molecule has 0 bridgehead atoms. The number of H-pyrrole nitrogens is 1. The second-order valence-corrected chi connectivity index (χ2v) is 4.92. The summed E-state index contributed by atoms with van der Waals surface area (Å²) < 4.78 is 4.89. The summed E-state index contributed by atoms with van der Waals surface area (Å²) in [7, 11) is 0. The van der Waals surface area contributed by atoms with Crippen LogP contribution in [-0.4, -0.2) is 10.9 Å². The van der Waals surface area contributed by atoms with Crippen molar-refractivity contribution in [1.82, 2.24) is 4.98 Å². The van der Waals surface area contributed by atoms with Gasteiger partial charge in [-0.05, 0) is 23.8 Å². The molecule has 0 saturated heterocycles. The first kappa shape index (κ1) is 13.5. The second-order valence-electron chi connectivity index (χ2n) is 4.49. The lowest BCUT2D eigenvalue weighted by Crippen LogP contribution is -2.17. The summed E-state index contributed by atoms with van der Waals surface area (Å²) in [4.78, 5) is 25.7. The van der Waals surface area contributed by atoms with Gasteiger partial charge in [-0.2, -0.15) is 0 Å². The molecule has 1 heterocycles. The maximum absolute atomic E-state index is 12.1. The molecular formula is C15H11ClN2O3. The van der Waals surface area contributed by atoms with E-state index in [1.165, 1.54) is 0 Å². The van der Waals surface area contributed by atoms with Gasteiger partial charge in [0.25, 0.3) is 0 Å². The molecule has 3 rings (SSSR count). The maximum atomic E-state index is 12.1. The van der Waals surface area contributed by atoms with Gasteiger partial charge < -0.3 is 9.73 Å². The predicted octanol–water partition coefficient (Wildman–Crippen LogP) is 3.04. The monoisotopic (exact) mass is 302 g/mol. The van der Waals surface area contributed by atoms with Crippen molar-refractivity contribution in [3.8, 4) is 0 Å². The fourth-order valence-electron chi connectivity index (χ4n) is 2.01. The van der Waals surface area contributed by atoms with Gasteiger partial charge in [0, 0.05) is 5.69 Å². The average Bonchev–Trinajstić information content (AvgIpc) is 2.86. The zero-order valence-electron chi connectivity index (χ0n) is 10.8. The Morgan fingerprint density at radius 1 is 1.19 bits per heavy atom. The highest BCUT2D eigenvalue weighted by molar-refractivity contribution is 6.32. The Labute approximate surface area is 124 Å². The van der Waals surface area contributed by atoms with Crippen LogP contribution >= 0.6 is 11.6 Å². The Morgan fingerprint density at radius 2 is 1.95 bits per heavy atom. The number of amides is 1. The number of aromatic amines is 1. The normalized spacial score (nSPS) is 12.2. The van der Waals surface area contributed by atoms with E-state index in [4.69, 9.17) is 16.0 Å². The number of alkyl halides is 1. The highest BCUT2D eigenvalue weighted by Crippen LogP contribution is 2.23. The molecule has 106 valence electrons. The minimum absolute atomic E-state index is 0.340. The van der Waals surface area contributed by atoms with Crippen LogP contribution in [0.25, 0.3) is 11.1 Å². The minimum atomic E-state index is -0.787. The molecule has 1 unspecified atom stereocenters. The Hall–Kier alpha value is -2.53. The second kappa shape index (κ2) is 5.46. The van der Waals surface area contributed by atoms with Crippen LogP contribution in [0.15, 0.2) is 57.7 Å². The van der Waals surface area contributed by atoms with E-state index in [9.17, 15) is 9.59 Å². The fourth-order valence-corrected chi connectivity index (χ4v) is 2.21. The van der Waals surface area contributed by atoms with E-state index in [0.717, 1.165) is 5.56 Å². The van der Waals surface area contributed by atoms with Crippen LogP contribution in [0, 0.1) is 0 Å². The lowest BCUT2D eigenvalue weighted by atomic mass is 10.1. The van der Waals surface area contributed by atoms with Gasteiger partial charge in [-0.25, -0.2) is 4.79 Å². The number of oxazole rings is 1. The smallest absolute Gasteiger partial charge is 0.408 e. The molecule has 1 amide bonds. The number of nitrogens with one attached hydrogen (secondary N) is 2. The summed E-state index contributed by atoms with van der Waals surface area (Å²) in [5.41, 5.74) is 2.20. The molecule has 0 radical (unpaired) electrons. The average molecular weight is 303 g/mol. The molecular weight excluding hydrogens is 292 g/mol. The third kappa shape index (κ3) is 2.83. The lowest BCUT2D eigenvalue weighted by molar-refractivity contribution is -0.116. The van der Waals surface area contributed by atoms with Crippen molar-refractivity contribution in [2.24, 2.45) is 0 Å². The SMILES string of the molecule is O=C(Nc1ccc2oc(=O)[nH]c2c1)C(Cl)c1ccccc1. The number of hydrogen-bond donors (Lipinski definition) is 2. The number of rotatable bonds is 3. The molecule has 21 heavy (non-hydrogen) atoms.